The molecule has 1 aliphatic heterocycles. The fourth-order valence-corrected chi connectivity index (χ4v) is 7.45. The van der Waals surface area contributed by atoms with Gasteiger partial charge < -0.3 is 11.5 Å². The second-order valence-corrected chi connectivity index (χ2v) is 12.0. The molecule has 4 rings (SSSR count). The molecule has 178 valence electrons. The zero-order valence-electron chi connectivity index (χ0n) is 18.5. The van der Waals surface area contributed by atoms with E-state index in [-0.39, 0.29) is 17.7 Å². The van der Waals surface area contributed by atoms with Crippen molar-refractivity contribution in [3.8, 4) is 11.1 Å². The van der Waals surface area contributed by atoms with E-state index in [1.807, 2.05) is 17.5 Å². The first-order valence-electron chi connectivity index (χ1n) is 11.3. The molecule has 1 atom stereocenters. The number of hydrogen-bond donors (Lipinski definition) is 2. The molecule has 33 heavy (non-hydrogen) atoms. The van der Waals surface area contributed by atoms with Crippen molar-refractivity contribution in [1.29, 1.82) is 0 Å². The van der Waals surface area contributed by atoms with Gasteiger partial charge in [-0.25, -0.2) is 12.7 Å². The summed E-state index contributed by atoms with van der Waals surface area (Å²) in [6.07, 6.45) is 5.70. The SMILES string of the molecule is NC(=O)c1cc(-c2ccsc2)cc2c1C(N)CCC=C2C1CCN(S(=O)(=O)CCCCl)CC1. The average Bonchev–Trinajstić information content (AvgIpc) is 3.29. The van der Waals surface area contributed by atoms with Gasteiger partial charge in [0.1, 0.15) is 0 Å². The van der Waals surface area contributed by atoms with Crippen molar-refractivity contribution in [3.63, 3.8) is 0 Å². The van der Waals surface area contributed by atoms with Crippen molar-refractivity contribution in [2.75, 3.05) is 24.7 Å². The fourth-order valence-electron chi connectivity index (χ4n) is 4.96. The Morgan fingerprint density at radius 2 is 1.94 bits per heavy atom. The summed E-state index contributed by atoms with van der Waals surface area (Å²) in [4.78, 5) is 12.4. The number of fused-ring (bicyclic) bond motifs is 1. The number of primary amides is 1. The van der Waals surface area contributed by atoms with Gasteiger partial charge in [0.15, 0.2) is 0 Å². The Morgan fingerprint density at radius 3 is 2.58 bits per heavy atom. The van der Waals surface area contributed by atoms with Crippen molar-refractivity contribution in [1.82, 2.24) is 4.31 Å². The molecule has 0 bridgehead atoms. The molecule has 0 saturated carbocycles. The van der Waals surface area contributed by atoms with E-state index in [1.165, 1.54) is 0 Å². The third-order valence-corrected chi connectivity index (χ3v) is 9.55. The molecule has 1 fully saturated rings. The van der Waals surface area contributed by atoms with Crippen LogP contribution < -0.4 is 11.5 Å². The minimum Gasteiger partial charge on any atom is -0.366 e. The maximum absolute atomic E-state index is 12.6. The number of carbonyl (C=O) groups excluding carboxylic acids is 1. The average molecular weight is 508 g/mol. The number of halogens is 1. The van der Waals surface area contributed by atoms with Crippen LogP contribution in [0.1, 0.15) is 59.6 Å². The van der Waals surface area contributed by atoms with Gasteiger partial charge in [0.2, 0.25) is 15.9 Å². The van der Waals surface area contributed by atoms with Crippen LogP contribution in [0.25, 0.3) is 16.7 Å². The molecule has 1 saturated heterocycles. The van der Waals surface area contributed by atoms with Crippen molar-refractivity contribution < 1.29 is 13.2 Å². The lowest BCUT2D eigenvalue weighted by molar-refractivity contribution is 0.0999. The number of rotatable bonds is 7. The Kier molecular flexibility index (Phi) is 7.60. The van der Waals surface area contributed by atoms with Crippen molar-refractivity contribution in [2.24, 2.45) is 17.4 Å². The molecule has 1 amide bonds. The second-order valence-electron chi connectivity index (χ2n) is 8.74. The Hall–Kier alpha value is -1.71. The van der Waals surface area contributed by atoms with Gasteiger partial charge in [-0.1, -0.05) is 6.08 Å². The predicted octanol–water partition coefficient (Wildman–Crippen LogP) is 4.36. The highest BCUT2D eigenvalue weighted by Crippen LogP contribution is 2.42. The van der Waals surface area contributed by atoms with Gasteiger partial charge in [-0.3, -0.25) is 4.79 Å². The number of thiophene rings is 1. The first-order valence-corrected chi connectivity index (χ1v) is 14.4. The summed E-state index contributed by atoms with van der Waals surface area (Å²) in [5, 5.41) is 4.06. The summed E-state index contributed by atoms with van der Waals surface area (Å²) in [7, 11) is -3.28. The first-order chi connectivity index (χ1) is 15.8. The van der Waals surface area contributed by atoms with Crippen LogP contribution in [-0.2, 0) is 10.0 Å². The summed E-state index contributed by atoms with van der Waals surface area (Å²) >= 11 is 7.30. The topological polar surface area (TPSA) is 106 Å². The minimum atomic E-state index is -3.28. The molecule has 6 nitrogen and oxygen atoms in total. The lowest BCUT2D eigenvalue weighted by Gasteiger charge is -2.33. The van der Waals surface area contributed by atoms with Crippen LogP contribution in [0.4, 0.5) is 0 Å². The molecule has 4 N–H and O–H groups in total. The van der Waals surface area contributed by atoms with E-state index in [1.54, 1.807) is 15.6 Å². The van der Waals surface area contributed by atoms with E-state index in [2.05, 4.69) is 17.5 Å². The molecule has 1 aliphatic carbocycles. The van der Waals surface area contributed by atoms with Gasteiger partial charge >= 0.3 is 0 Å². The molecule has 2 aromatic rings. The van der Waals surface area contributed by atoms with Crippen LogP contribution in [0.2, 0.25) is 0 Å². The van der Waals surface area contributed by atoms with Gasteiger partial charge in [0.25, 0.3) is 0 Å². The van der Waals surface area contributed by atoms with Crippen molar-refractivity contribution in [2.45, 2.75) is 38.1 Å². The summed E-state index contributed by atoms with van der Waals surface area (Å²) < 4.78 is 26.8. The summed E-state index contributed by atoms with van der Waals surface area (Å²) in [6.45, 7) is 0.974. The molecule has 1 aromatic carbocycles. The summed E-state index contributed by atoms with van der Waals surface area (Å²) in [5.41, 5.74) is 17.8. The van der Waals surface area contributed by atoms with Crippen LogP contribution in [0.3, 0.4) is 0 Å². The third kappa shape index (κ3) is 5.20. The first kappa shape index (κ1) is 24.4. The van der Waals surface area contributed by atoms with E-state index in [0.717, 1.165) is 53.5 Å². The lowest BCUT2D eigenvalue weighted by Crippen LogP contribution is -2.40. The second kappa shape index (κ2) is 10.3. The number of piperidine rings is 1. The highest BCUT2D eigenvalue weighted by molar-refractivity contribution is 7.89. The van der Waals surface area contributed by atoms with Gasteiger partial charge in [0.05, 0.1) is 5.75 Å². The molecule has 9 heteroatoms. The maximum Gasteiger partial charge on any atom is 0.249 e. The number of alkyl halides is 1. The standard InChI is InChI=1S/C24H30ClN3O3S2/c25-8-2-12-33(30,31)28-9-5-16(6-10-28)19-3-1-4-22(26)23-20(19)13-18(14-21(23)24(27)29)17-7-11-32-15-17/h3,7,11,13-16,22H,1-2,4-6,8-10,12,26H2,(H2,27,29). The van der Waals surface area contributed by atoms with Gasteiger partial charge in [-0.05, 0) is 94.8 Å². The van der Waals surface area contributed by atoms with Gasteiger partial charge in [-0.15, -0.1) is 11.6 Å². The van der Waals surface area contributed by atoms with Gasteiger partial charge in [0, 0.05) is 30.6 Å². The van der Waals surface area contributed by atoms with E-state index >= 15 is 0 Å². The van der Waals surface area contributed by atoms with E-state index in [4.69, 9.17) is 23.1 Å². The van der Waals surface area contributed by atoms with Crippen LogP contribution >= 0.6 is 22.9 Å². The van der Waals surface area contributed by atoms with E-state index in [0.29, 0.717) is 31.0 Å². The van der Waals surface area contributed by atoms with Crippen LogP contribution in [0, 0.1) is 5.92 Å². The number of hydrogen-bond acceptors (Lipinski definition) is 5. The molecular weight excluding hydrogens is 478 g/mol. The number of nitrogens with zero attached hydrogens (tertiary/aromatic N) is 1. The quantitative estimate of drug-likeness (QED) is 0.543. The lowest BCUT2D eigenvalue weighted by atomic mass is 9.81. The molecule has 2 heterocycles. The molecule has 0 spiro atoms. The molecular formula is C24H30ClN3O3S2. The maximum atomic E-state index is 12.6. The molecule has 1 unspecified atom stereocenters. The highest BCUT2D eigenvalue weighted by atomic mass is 35.5. The number of carbonyl (C=O) groups is 1. The molecule has 0 radical (unpaired) electrons. The number of benzene rings is 1. The van der Waals surface area contributed by atoms with Crippen LogP contribution in [0.5, 0.6) is 0 Å². The normalized spacial score (nSPS) is 20.2. The van der Waals surface area contributed by atoms with Crippen LogP contribution in [-0.4, -0.2) is 43.4 Å². The summed E-state index contributed by atoms with van der Waals surface area (Å²) in [5.74, 6) is 0.161. The Morgan fingerprint density at radius 1 is 1.18 bits per heavy atom. The largest absolute Gasteiger partial charge is 0.366 e. The molecule has 1 aromatic heterocycles. The smallest absolute Gasteiger partial charge is 0.249 e. The van der Waals surface area contributed by atoms with Gasteiger partial charge in [-0.2, -0.15) is 11.3 Å². The zero-order valence-corrected chi connectivity index (χ0v) is 20.9. The highest BCUT2D eigenvalue weighted by Gasteiger charge is 2.32. The predicted molar refractivity (Wildman–Crippen MR) is 136 cm³/mol. The Balaban J connectivity index is 1.68. The third-order valence-electron chi connectivity index (χ3n) is 6.65. The fraction of sp³-hybridized carbons (Fsp3) is 0.458. The number of nitrogens with two attached hydrogens (primary N) is 2. The number of amides is 1. The van der Waals surface area contributed by atoms with Crippen molar-refractivity contribution in [3.05, 3.63) is 51.7 Å². The minimum absolute atomic E-state index is 0.0908. The number of sulfonamides is 1. The Bertz CT molecular complexity index is 1140. The molecule has 2 aliphatic rings. The number of allylic oxidation sites excluding steroid dienone is 2. The van der Waals surface area contributed by atoms with Crippen LogP contribution in [0.15, 0.2) is 35.0 Å². The van der Waals surface area contributed by atoms with E-state index in [9.17, 15) is 13.2 Å². The summed E-state index contributed by atoms with van der Waals surface area (Å²) in [6, 6.07) is 5.74. The Labute approximate surface area is 204 Å². The monoisotopic (exact) mass is 507 g/mol. The zero-order chi connectivity index (χ0) is 23.6. The van der Waals surface area contributed by atoms with E-state index < -0.39 is 15.9 Å². The van der Waals surface area contributed by atoms with Crippen molar-refractivity contribution >= 4 is 44.4 Å².